The highest BCUT2D eigenvalue weighted by Gasteiger charge is 2.27. The van der Waals surface area contributed by atoms with Crippen molar-refractivity contribution in [2.24, 2.45) is 0 Å². The van der Waals surface area contributed by atoms with E-state index in [1.165, 1.54) is 83.5 Å². The number of nitrogens with one attached hydrogen (secondary N) is 1. The second-order valence-corrected chi connectivity index (χ2v) is 19.3. The zero-order valence-electron chi connectivity index (χ0n) is 41.5. The standard InChI is InChI=1S/C55H95N2O6P/c1-6-8-10-12-14-16-18-20-22-24-26-27-28-29-31-33-35-37-39-41-43-45-47-49-55(59)56-53(52-63-64(60,61)62-51-50-57(3,4)5)54(58)48-46-44-42-40-38-36-34-32-30-25-23-21-19-17-15-13-11-9-7-2/h8,10,14,16,20,22,26-27,29,31,35,37-38,40-41,43,46,48,53-54,58H,6-7,9,11-13,15,17-19,21,23-25,28,30,32-34,36,39,42,44-45,47,49-52H2,1-5H3,(H-,56,59,60,61)/p+1/b10-8-,16-14-,22-20-,27-26-,31-29-,37-35-,40-38+,43-41-,48-46+. The summed E-state index contributed by atoms with van der Waals surface area (Å²) in [4.78, 5) is 23.2. The molecule has 0 radical (unpaired) electrons. The van der Waals surface area contributed by atoms with Gasteiger partial charge in [0.25, 0.3) is 0 Å². The molecule has 0 fully saturated rings. The maximum atomic E-state index is 12.9. The van der Waals surface area contributed by atoms with E-state index in [-0.39, 0.29) is 25.5 Å². The Morgan fingerprint density at radius 3 is 1.44 bits per heavy atom. The summed E-state index contributed by atoms with van der Waals surface area (Å²) in [6.45, 7) is 4.62. The zero-order valence-corrected chi connectivity index (χ0v) is 42.4. The fourth-order valence-electron chi connectivity index (χ4n) is 6.52. The first-order valence-corrected chi connectivity index (χ1v) is 26.8. The van der Waals surface area contributed by atoms with E-state index in [9.17, 15) is 19.4 Å². The van der Waals surface area contributed by atoms with Crippen LogP contribution in [0, 0.1) is 0 Å². The second-order valence-electron chi connectivity index (χ2n) is 17.8. The van der Waals surface area contributed by atoms with Crippen LogP contribution in [0.5, 0.6) is 0 Å². The van der Waals surface area contributed by atoms with Crippen LogP contribution in [-0.2, 0) is 18.4 Å². The number of allylic oxidation sites excluding steroid dienone is 17. The molecular formula is C55H96N2O6P+. The first-order valence-electron chi connectivity index (χ1n) is 25.3. The van der Waals surface area contributed by atoms with Crippen molar-refractivity contribution in [1.82, 2.24) is 5.32 Å². The average Bonchev–Trinajstić information content (AvgIpc) is 3.25. The molecule has 366 valence electrons. The lowest BCUT2D eigenvalue weighted by Crippen LogP contribution is -2.45. The summed E-state index contributed by atoms with van der Waals surface area (Å²) in [5.41, 5.74) is 0. The topological polar surface area (TPSA) is 105 Å². The Kier molecular flexibility index (Phi) is 43.3. The third kappa shape index (κ3) is 47.1. The molecular weight excluding hydrogens is 816 g/mol. The Morgan fingerprint density at radius 2 is 0.953 bits per heavy atom. The monoisotopic (exact) mass is 912 g/mol. The second kappa shape index (κ2) is 45.3. The highest BCUT2D eigenvalue weighted by atomic mass is 31.2. The number of nitrogens with zero attached hydrogens (tertiary/aromatic N) is 1. The van der Waals surface area contributed by atoms with Gasteiger partial charge in [-0.05, 0) is 83.5 Å². The molecule has 0 bridgehead atoms. The number of hydrogen-bond donors (Lipinski definition) is 3. The van der Waals surface area contributed by atoms with E-state index in [1.807, 2.05) is 27.2 Å². The van der Waals surface area contributed by atoms with Crippen LogP contribution in [0.2, 0.25) is 0 Å². The van der Waals surface area contributed by atoms with Crippen molar-refractivity contribution in [3.05, 3.63) is 109 Å². The summed E-state index contributed by atoms with van der Waals surface area (Å²) in [5, 5.41) is 13.8. The van der Waals surface area contributed by atoms with E-state index in [0.29, 0.717) is 17.4 Å². The molecule has 3 N–H and O–H groups in total. The predicted octanol–water partition coefficient (Wildman–Crippen LogP) is 14.9. The van der Waals surface area contributed by atoms with Gasteiger partial charge in [-0.25, -0.2) is 4.57 Å². The van der Waals surface area contributed by atoms with E-state index >= 15 is 0 Å². The molecule has 0 aromatic heterocycles. The molecule has 3 unspecified atom stereocenters. The number of amides is 1. The van der Waals surface area contributed by atoms with Gasteiger partial charge in [0.15, 0.2) is 0 Å². The van der Waals surface area contributed by atoms with Gasteiger partial charge in [0.05, 0.1) is 39.9 Å². The Bertz CT molecular complexity index is 1400. The largest absolute Gasteiger partial charge is 0.472 e. The molecule has 0 rings (SSSR count). The van der Waals surface area contributed by atoms with Gasteiger partial charge < -0.3 is 19.8 Å². The van der Waals surface area contributed by atoms with Gasteiger partial charge in [-0.2, -0.15) is 0 Å². The van der Waals surface area contributed by atoms with Crippen molar-refractivity contribution < 1.29 is 32.9 Å². The number of quaternary nitrogens is 1. The first kappa shape index (κ1) is 61.2. The zero-order chi connectivity index (χ0) is 47.1. The maximum absolute atomic E-state index is 12.9. The maximum Gasteiger partial charge on any atom is 0.472 e. The number of aliphatic hydroxyl groups is 1. The number of carbonyl (C=O) groups is 1. The van der Waals surface area contributed by atoms with Crippen molar-refractivity contribution in [2.75, 3.05) is 40.9 Å². The van der Waals surface area contributed by atoms with Crippen LogP contribution in [-0.4, -0.2) is 73.4 Å². The SMILES string of the molecule is CC/C=C\C/C=C\C/C=C\C/C=C\C/C=C\C/C=C\C/C=C\CCCC(=O)NC(COP(=O)(O)OCC[N+](C)(C)C)C(O)/C=C/CC/C=C/CCCCCCCCCCCCCCC. The van der Waals surface area contributed by atoms with Crippen molar-refractivity contribution in [3.8, 4) is 0 Å². The summed E-state index contributed by atoms with van der Waals surface area (Å²) in [6.07, 6.45) is 66.1. The molecule has 0 aliphatic carbocycles. The minimum Gasteiger partial charge on any atom is -0.387 e. The summed E-state index contributed by atoms with van der Waals surface area (Å²) in [5.74, 6) is -0.249. The number of aliphatic hydroxyl groups excluding tert-OH is 1. The number of carbonyl (C=O) groups excluding carboxylic acids is 1. The Labute approximate surface area is 393 Å². The highest BCUT2D eigenvalue weighted by Crippen LogP contribution is 2.43. The van der Waals surface area contributed by atoms with Gasteiger partial charge >= 0.3 is 7.82 Å². The normalized spacial score (nSPS) is 15.0. The fraction of sp³-hybridized carbons (Fsp3) is 0.655. The van der Waals surface area contributed by atoms with Gasteiger partial charge in [-0.15, -0.1) is 0 Å². The number of phosphoric ester groups is 1. The third-order valence-corrected chi connectivity index (χ3v) is 11.5. The quantitative estimate of drug-likeness (QED) is 0.0243. The number of unbranched alkanes of at least 4 members (excludes halogenated alkanes) is 15. The van der Waals surface area contributed by atoms with Crippen LogP contribution in [0.25, 0.3) is 0 Å². The lowest BCUT2D eigenvalue weighted by atomic mass is 10.0. The van der Waals surface area contributed by atoms with E-state index < -0.39 is 20.0 Å². The van der Waals surface area contributed by atoms with Crippen LogP contribution in [0.4, 0.5) is 0 Å². The highest BCUT2D eigenvalue weighted by molar-refractivity contribution is 7.47. The fourth-order valence-corrected chi connectivity index (χ4v) is 7.25. The van der Waals surface area contributed by atoms with Crippen molar-refractivity contribution in [1.29, 1.82) is 0 Å². The van der Waals surface area contributed by atoms with Crippen LogP contribution in [0.1, 0.15) is 181 Å². The molecule has 0 saturated heterocycles. The smallest absolute Gasteiger partial charge is 0.387 e. The molecule has 0 aromatic rings. The Balaban J connectivity index is 4.52. The third-order valence-electron chi connectivity index (χ3n) is 10.5. The number of likely N-dealkylation sites (N-methyl/N-ethyl adjacent to an activating group) is 1. The van der Waals surface area contributed by atoms with Crippen molar-refractivity contribution in [2.45, 2.75) is 193 Å². The Hall–Kier alpha value is -2.84. The summed E-state index contributed by atoms with van der Waals surface area (Å²) in [7, 11) is 1.50. The molecule has 9 heteroatoms. The van der Waals surface area contributed by atoms with Crippen LogP contribution < -0.4 is 5.32 Å². The minimum absolute atomic E-state index is 0.0389. The van der Waals surface area contributed by atoms with Gasteiger partial charge in [0.2, 0.25) is 5.91 Å². The molecule has 8 nitrogen and oxygen atoms in total. The lowest BCUT2D eigenvalue weighted by Gasteiger charge is -2.25. The van der Waals surface area contributed by atoms with E-state index in [1.54, 1.807) is 6.08 Å². The van der Waals surface area contributed by atoms with Crippen LogP contribution in [0.15, 0.2) is 109 Å². The minimum atomic E-state index is -4.37. The van der Waals surface area contributed by atoms with Gasteiger partial charge in [0.1, 0.15) is 13.2 Å². The molecule has 0 spiro atoms. The number of rotatable bonds is 44. The lowest BCUT2D eigenvalue weighted by molar-refractivity contribution is -0.870. The molecule has 0 saturated carbocycles. The molecule has 0 aliphatic rings. The van der Waals surface area contributed by atoms with Gasteiger partial charge in [-0.3, -0.25) is 13.8 Å². The van der Waals surface area contributed by atoms with E-state index in [2.05, 4.69) is 116 Å². The Morgan fingerprint density at radius 1 is 0.547 bits per heavy atom. The van der Waals surface area contributed by atoms with E-state index in [0.717, 1.165) is 70.6 Å². The first-order chi connectivity index (χ1) is 31.0. The van der Waals surface area contributed by atoms with Gasteiger partial charge in [0, 0.05) is 6.42 Å². The summed E-state index contributed by atoms with van der Waals surface area (Å²) < 4.78 is 23.6. The molecule has 1 amide bonds. The van der Waals surface area contributed by atoms with Crippen LogP contribution >= 0.6 is 7.82 Å². The number of hydrogen-bond acceptors (Lipinski definition) is 5. The molecule has 0 heterocycles. The average molecular weight is 912 g/mol. The number of phosphoric acid groups is 1. The molecule has 3 atom stereocenters. The van der Waals surface area contributed by atoms with E-state index in [4.69, 9.17) is 9.05 Å². The van der Waals surface area contributed by atoms with Gasteiger partial charge in [-0.1, -0.05) is 200 Å². The molecule has 64 heavy (non-hydrogen) atoms. The van der Waals surface area contributed by atoms with Crippen molar-refractivity contribution in [3.63, 3.8) is 0 Å². The molecule has 0 aliphatic heterocycles. The van der Waals surface area contributed by atoms with Crippen molar-refractivity contribution >= 4 is 13.7 Å². The van der Waals surface area contributed by atoms with Crippen LogP contribution in [0.3, 0.4) is 0 Å². The predicted molar refractivity (Wildman–Crippen MR) is 276 cm³/mol. The summed E-state index contributed by atoms with van der Waals surface area (Å²) >= 11 is 0. The summed E-state index contributed by atoms with van der Waals surface area (Å²) in [6, 6.07) is -0.902. The molecule has 0 aromatic carbocycles.